The number of hydrogen-bond donors (Lipinski definition) is 2. The topological polar surface area (TPSA) is 41.8 Å². The zero-order valence-electron chi connectivity index (χ0n) is 4.52. The molecule has 0 saturated carbocycles. The SMILES string of the molecule is Nc1c[nH]cc(Cl)c1=S. The Morgan fingerprint density at radius 2 is 2.22 bits per heavy atom. The predicted octanol–water partition coefficient (Wildman–Crippen LogP) is 1.98. The third-order valence-electron chi connectivity index (χ3n) is 0.928. The number of nitrogen functional groups attached to an aromatic ring is 1. The lowest BCUT2D eigenvalue weighted by Crippen LogP contribution is -1.86. The molecule has 1 rings (SSSR count). The van der Waals surface area contributed by atoms with Crippen molar-refractivity contribution in [3.63, 3.8) is 0 Å². The summed E-state index contributed by atoms with van der Waals surface area (Å²) in [5, 5.41) is 0.491. The molecule has 0 aromatic carbocycles. The van der Waals surface area contributed by atoms with E-state index in [2.05, 4.69) is 4.98 Å². The third kappa shape index (κ3) is 1.23. The molecule has 0 spiro atoms. The van der Waals surface area contributed by atoms with Crippen LogP contribution in [0.25, 0.3) is 0 Å². The van der Waals surface area contributed by atoms with Gasteiger partial charge in [0.25, 0.3) is 0 Å². The minimum Gasteiger partial charge on any atom is -0.396 e. The number of nitrogens with one attached hydrogen (secondary N) is 1. The first-order valence-electron chi connectivity index (χ1n) is 2.34. The van der Waals surface area contributed by atoms with Gasteiger partial charge >= 0.3 is 0 Å². The van der Waals surface area contributed by atoms with E-state index >= 15 is 0 Å². The Hall–Kier alpha value is -0.540. The first-order valence-corrected chi connectivity index (χ1v) is 3.12. The molecular formula is C5H5ClN2S. The number of pyridine rings is 1. The van der Waals surface area contributed by atoms with Crippen molar-refractivity contribution in [2.45, 2.75) is 0 Å². The van der Waals surface area contributed by atoms with Crippen molar-refractivity contribution in [3.8, 4) is 0 Å². The van der Waals surface area contributed by atoms with E-state index in [4.69, 9.17) is 29.6 Å². The molecule has 0 aliphatic heterocycles. The van der Waals surface area contributed by atoms with Crippen LogP contribution in [0.1, 0.15) is 0 Å². The molecule has 9 heavy (non-hydrogen) atoms. The summed E-state index contributed by atoms with van der Waals surface area (Å²) in [7, 11) is 0. The summed E-state index contributed by atoms with van der Waals surface area (Å²) >= 11 is 10.4. The highest BCUT2D eigenvalue weighted by molar-refractivity contribution is 7.71. The lowest BCUT2D eigenvalue weighted by Gasteiger charge is -1.92. The van der Waals surface area contributed by atoms with E-state index in [1.807, 2.05) is 0 Å². The zero-order chi connectivity index (χ0) is 6.85. The van der Waals surface area contributed by atoms with Crippen molar-refractivity contribution in [2.24, 2.45) is 0 Å². The fourth-order valence-electron chi connectivity index (χ4n) is 0.474. The van der Waals surface area contributed by atoms with E-state index < -0.39 is 0 Å². The molecule has 0 aliphatic carbocycles. The summed E-state index contributed by atoms with van der Waals surface area (Å²) in [6.07, 6.45) is 3.20. The van der Waals surface area contributed by atoms with Gasteiger partial charge in [-0.3, -0.25) is 0 Å². The molecular weight excluding hydrogens is 156 g/mol. The number of H-pyrrole nitrogens is 1. The van der Waals surface area contributed by atoms with Crippen LogP contribution in [0.2, 0.25) is 5.02 Å². The molecule has 0 unspecified atom stereocenters. The summed E-state index contributed by atoms with van der Waals surface area (Å²) < 4.78 is 0.510. The lowest BCUT2D eigenvalue weighted by molar-refractivity contribution is 1.33. The fourth-order valence-corrected chi connectivity index (χ4v) is 0.764. The van der Waals surface area contributed by atoms with Gasteiger partial charge in [-0.15, -0.1) is 0 Å². The highest BCUT2D eigenvalue weighted by atomic mass is 35.5. The standard InChI is InChI=1S/C5H5ClN2S/c6-3-1-8-2-4(7)5(3)9/h1-2H,7H2,(H,8,9). The Balaban J connectivity index is 3.43. The molecule has 0 amide bonds. The number of anilines is 1. The van der Waals surface area contributed by atoms with Crippen LogP contribution in [-0.4, -0.2) is 4.98 Å². The van der Waals surface area contributed by atoms with Crippen LogP contribution in [0.15, 0.2) is 12.4 Å². The first-order chi connectivity index (χ1) is 4.22. The first kappa shape index (κ1) is 6.58. The molecule has 2 nitrogen and oxygen atoms in total. The predicted molar refractivity (Wildman–Crippen MR) is 41.0 cm³/mol. The monoisotopic (exact) mass is 160 g/mol. The van der Waals surface area contributed by atoms with Crippen LogP contribution < -0.4 is 5.73 Å². The molecule has 0 fully saturated rings. The second kappa shape index (κ2) is 2.37. The molecule has 0 aliphatic rings. The minimum atomic E-state index is 0.491. The van der Waals surface area contributed by atoms with E-state index in [0.29, 0.717) is 15.2 Å². The second-order valence-corrected chi connectivity index (χ2v) is 2.40. The van der Waals surface area contributed by atoms with Gasteiger partial charge in [0.15, 0.2) is 0 Å². The van der Waals surface area contributed by atoms with Crippen molar-refractivity contribution < 1.29 is 0 Å². The Kier molecular flexibility index (Phi) is 1.73. The maximum atomic E-state index is 5.60. The molecule has 1 aromatic rings. The van der Waals surface area contributed by atoms with Gasteiger partial charge in [0, 0.05) is 12.4 Å². The van der Waals surface area contributed by atoms with Crippen molar-refractivity contribution in [1.82, 2.24) is 4.98 Å². The minimum absolute atomic E-state index is 0.491. The molecule has 1 aromatic heterocycles. The number of halogens is 1. The van der Waals surface area contributed by atoms with Gasteiger partial charge in [0.2, 0.25) is 0 Å². The second-order valence-electron chi connectivity index (χ2n) is 1.59. The van der Waals surface area contributed by atoms with Crippen LogP contribution in [0, 0.1) is 4.51 Å². The number of hydrogen-bond acceptors (Lipinski definition) is 2. The van der Waals surface area contributed by atoms with Crippen LogP contribution >= 0.6 is 23.8 Å². The van der Waals surface area contributed by atoms with E-state index in [0.717, 1.165) is 0 Å². The Labute approximate surface area is 62.7 Å². The van der Waals surface area contributed by atoms with E-state index in [9.17, 15) is 0 Å². The van der Waals surface area contributed by atoms with Crippen molar-refractivity contribution in [3.05, 3.63) is 21.9 Å². The van der Waals surface area contributed by atoms with Crippen LogP contribution in [0.5, 0.6) is 0 Å². The molecule has 0 saturated heterocycles. The van der Waals surface area contributed by atoms with Crippen molar-refractivity contribution in [2.75, 3.05) is 5.73 Å². The van der Waals surface area contributed by atoms with Crippen LogP contribution in [0.3, 0.4) is 0 Å². The van der Waals surface area contributed by atoms with Gasteiger partial charge in [-0.1, -0.05) is 23.8 Å². The Morgan fingerprint density at radius 1 is 1.56 bits per heavy atom. The maximum absolute atomic E-state index is 5.60. The van der Waals surface area contributed by atoms with E-state index in [-0.39, 0.29) is 0 Å². The zero-order valence-corrected chi connectivity index (χ0v) is 6.09. The number of aromatic nitrogens is 1. The van der Waals surface area contributed by atoms with Crippen molar-refractivity contribution in [1.29, 1.82) is 0 Å². The average Bonchev–Trinajstić information content (AvgIpc) is 1.83. The summed E-state index contributed by atoms with van der Waals surface area (Å²) in [5.74, 6) is 0. The van der Waals surface area contributed by atoms with Crippen LogP contribution in [0.4, 0.5) is 5.69 Å². The Morgan fingerprint density at radius 3 is 2.67 bits per heavy atom. The largest absolute Gasteiger partial charge is 0.396 e. The molecule has 3 N–H and O–H groups in total. The smallest absolute Gasteiger partial charge is 0.0822 e. The highest BCUT2D eigenvalue weighted by Gasteiger charge is 1.91. The van der Waals surface area contributed by atoms with Gasteiger partial charge in [0.05, 0.1) is 15.2 Å². The summed E-state index contributed by atoms with van der Waals surface area (Å²) in [6, 6.07) is 0. The molecule has 0 bridgehead atoms. The van der Waals surface area contributed by atoms with Gasteiger partial charge in [-0.05, 0) is 0 Å². The summed E-state index contributed by atoms with van der Waals surface area (Å²) in [6.45, 7) is 0. The molecule has 4 heteroatoms. The number of nitrogens with two attached hydrogens (primary N) is 1. The van der Waals surface area contributed by atoms with E-state index in [1.54, 1.807) is 12.4 Å². The third-order valence-corrected chi connectivity index (χ3v) is 1.79. The maximum Gasteiger partial charge on any atom is 0.0822 e. The summed E-state index contributed by atoms with van der Waals surface area (Å²) in [5.41, 5.74) is 5.91. The Bertz CT molecular complexity index is 245. The number of aromatic amines is 1. The van der Waals surface area contributed by atoms with Crippen molar-refractivity contribution >= 4 is 29.5 Å². The normalized spacial score (nSPS) is 9.44. The fraction of sp³-hybridized carbons (Fsp3) is 0. The molecule has 0 atom stereocenters. The molecule has 48 valence electrons. The van der Waals surface area contributed by atoms with E-state index in [1.165, 1.54) is 0 Å². The van der Waals surface area contributed by atoms with Gasteiger partial charge in [0.1, 0.15) is 0 Å². The quantitative estimate of drug-likeness (QED) is 0.570. The lowest BCUT2D eigenvalue weighted by atomic mass is 10.4. The highest BCUT2D eigenvalue weighted by Crippen LogP contribution is 2.13. The van der Waals surface area contributed by atoms with Gasteiger partial charge in [-0.2, -0.15) is 0 Å². The molecule has 1 heterocycles. The number of rotatable bonds is 0. The average molecular weight is 161 g/mol. The van der Waals surface area contributed by atoms with Gasteiger partial charge in [-0.25, -0.2) is 0 Å². The van der Waals surface area contributed by atoms with Crippen LogP contribution in [-0.2, 0) is 0 Å². The molecule has 0 radical (unpaired) electrons. The van der Waals surface area contributed by atoms with Gasteiger partial charge < -0.3 is 10.7 Å². The summed E-state index contributed by atoms with van der Waals surface area (Å²) in [4.78, 5) is 2.75.